The lowest BCUT2D eigenvalue weighted by atomic mass is 10.0. The van der Waals surface area contributed by atoms with Gasteiger partial charge in [-0.15, -0.1) is 0 Å². The van der Waals surface area contributed by atoms with Gasteiger partial charge in [-0.1, -0.05) is 11.6 Å². The highest BCUT2D eigenvalue weighted by Gasteiger charge is 2.14. The van der Waals surface area contributed by atoms with Crippen LogP contribution in [0, 0.1) is 6.92 Å². The van der Waals surface area contributed by atoms with Gasteiger partial charge in [0.1, 0.15) is 18.0 Å². The summed E-state index contributed by atoms with van der Waals surface area (Å²) in [5.41, 5.74) is 2.19. The van der Waals surface area contributed by atoms with Gasteiger partial charge in [-0.25, -0.2) is 4.68 Å². The molecule has 0 aliphatic carbocycles. The van der Waals surface area contributed by atoms with Crippen LogP contribution in [-0.4, -0.2) is 29.9 Å². The summed E-state index contributed by atoms with van der Waals surface area (Å²) >= 11 is 5.86. The number of hydrogen-bond donors (Lipinski definition) is 1. The molecule has 1 heterocycles. The SMILES string of the molecule is COc1ccc(OC)c(Cc2cc(C)nn(CC(=O)Nc3ccc(Cl)cc3)c2=O)c1. The molecule has 2 aromatic carbocycles. The second-order valence-corrected chi connectivity index (χ2v) is 7.12. The lowest BCUT2D eigenvalue weighted by Crippen LogP contribution is -2.32. The van der Waals surface area contributed by atoms with Crippen LogP contribution in [0.25, 0.3) is 0 Å². The van der Waals surface area contributed by atoms with E-state index >= 15 is 0 Å². The predicted molar refractivity (Wildman–Crippen MR) is 116 cm³/mol. The highest BCUT2D eigenvalue weighted by Crippen LogP contribution is 2.25. The molecule has 0 atom stereocenters. The molecule has 1 N–H and O–H groups in total. The van der Waals surface area contributed by atoms with E-state index in [1.165, 1.54) is 4.68 Å². The van der Waals surface area contributed by atoms with Crippen molar-refractivity contribution in [2.45, 2.75) is 19.9 Å². The highest BCUT2D eigenvalue weighted by molar-refractivity contribution is 6.30. The van der Waals surface area contributed by atoms with Gasteiger partial charge in [0, 0.05) is 28.3 Å². The Bertz CT molecular complexity index is 1110. The van der Waals surface area contributed by atoms with E-state index in [2.05, 4.69) is 10.4 Å². The number of ether oxygens (including phenoxy) is 2. The maximum Gasteiger partial charge on any atom is 0.270 e. The quantitative estimate of drug-likeness (QED) is 0.624. The van der Waals surface area contributed by atoms with Crippen molar-refractivity contribution in [3.05, 3.63) is 80.7 Å². The molecule has 30 heavy (non-hydrogen) atoms. The number of anilines is 1. The number of rotatable bonds is 7. The normalized spacial score (nSPS) is 10.5. The zero-order valence-corrected chi connectivity index (χ0v) is 17.7. The Morgan fingerprint density at radius 2 is 1.80 bits per heavy atom. The first-order chi connectivity index (χ1) is 14.4. The van der Waals surface area contributed by atoms with Crippen molar-refractivity contribution in [3.63, 3.8) is 0 Å². The number of hydrogen-bond acceptors (Lipinski definition) is 5. The maximum absolute atomic E-state index is 12.9. The van der Waals surface area contributed by atoms with Crippen molar-refractivity contribution in [3.8, 4) is 11.5 Å². The molecular weight excluding hydrogens is 406 g/mol. The second-order valence-electron chi connectivity index (χ2n) is 6.68. The first-order valence-electron chi connectivity index (χ1n) is 9.23. The van der Waals surface area contributed by atoms with Crippen LogP contribution >= 0.6 is 11.6 Å². The third kappa shape index (κ3) is 5.18. The van der Waals surface area contributed by atoms with Crippen LogP contribution in [0.5, 0.6) is 11.5 Å². The summed E-state index contributed by atoms with van der Waals surface area (Å²) in [6.45, 7) is 1.57. The first-order valence-corrected chi connectivity index (χ1v) is 9.61. The van der Waals surface area contributed by atoms with Crippen LogP contribution in [0.4, 0.5) is 5.69 Å². The molecule has 0 unspecified atom stereocenters. The number of amides is 1. The number of nitrogens with one attached hydrogen (secondary N) is 1. The van der Waals surface area contributed by atoms with E-state index in [0.717, 1.165) is 5.56 Å². The molecule has 0 saturated carbocycles. The van der Waals surface area contributed by atoms with Crippen molar-refractivity contribution in [1.29, 1.82) is 0 Å². The number of halogens is 1. The van der Waals surface area contributed by atoms with E-state index in [9.17, 15) is 9.59 Å². The lowest BCUT2D eigenvalue weighted by molar-refractivity contribution is -0.117. The molecule has 0 aliphatic rings. The van der Waals surface area contributed by atoms with Gasteiger partial charge in [0.15, 0.2) is 0 Å². The van der Waals surface area contributed by atoms with Crippen LogP contribution in [0.2, 0.25) is 5.02 Å². The standard InChI is InChI=1S/C22H22ClN3O4/c1-14-10-16(11-15-12-19(29-2)8-9-20(15)30-3)22(28)26(25-14)13-21(27)24-18-6-4-17(23)5-7-18/h4-10,12H,11,13H2,1-3H3,(H,24,27). The van der Waals surface area contributed by atoms with E-state index in [4.69, 9.17) is 21.1 Å². The van der Waals surface area contributed by atoms with Gasteiger partial charge in [-0.3, -0.25) is 9.59 Å². The third-order valence-corrected chi connectivity index (χ3v) is 4.71. The molecule has 7 nitrogen and oxygen atoms in total. The van der Waals surface area contributed by atoms with Gasteiger partial charge in [-0.05, 0) is 55.5 Å². The first kappa shape index (κ1) is 21.4. The smallest absolute Gasteiger partial charge is 0.270 e. The molecule has 0 fully saturated rings. The van der Waals surface area contributed by atoms with Gasteiger partial charge in [0.05, 0.1) is 19.9 Å². The van der Waals surface area contributed by atoms with Crippen molar-refractivity contribution >= 4 is 23.2 Å². The van der Waals surface area contributed by atoms with E-state index in [1.807, 2.05) is 6.07 Å². The fourth-order valence-electron chi connectivity index (χ4n) is 3.07. The van der Waals surface area contributed by atoms with Gasteiger partial charge >= 0.3 is 0 Å². The van der Waals surface area contributed by atoms with Crippen LogP contribution in [-0.2, 0) is 17.8 Å². The molecule has 3 aromatic rings. The van der Waals surface area contributed by atoms with Crippen LogP contribution in [0.15, 0.2) is 53.3 Å². The van der Waals surface area contributed by atoms with E-state index in [-0.39, 0.29) is 18.0 Å². The molecule has 0 aliphatic heterocycles. The molecule has 1 aromatic heterocycles. The molecule has 3 rings (SSSR count). The minimum absolute atomic E-state index is 0.203. The zero-order chi connectivity index (χ0) is 21.7. The van der Waals surface area contributed by atoms with Crippen LogP contribution < -0.4 is 20.3 Å². The number of carbonyl (C=O) groups is 1. The Labute approximate surface area is 179 Å². The van der Waals surface area contributed by atoms with E-state index in [0.29, 0.717) is 39.9 Å². The van der Waals surface area contributed by atoms with Crippen LogP contribution in [0.1, 0.15) is 16.8 Å². The summed E-state index contributed by atoms with van der Waals surface area (Å²) in [6.07, 6.45) is 0.321. The average Bonchev–Trinajstić information content (AvgIpc) is 2.73. The predicted octanol–water partition coefficient (Wildman–Crippen LogP) is 3.45. The Balaban J connectivity index is 1.84. The number of aromatic nitrogens is 2. The molecule has 0 radical (unpaired) electrons. The van der Waals surface area contributed by atoms with Crippen molar-refractivity contribution in [2.24, 2.45) is 0 Å². The summed E-state index contributed by atoms with van der Waals surface area (Å²) in [5, 5.41) is 7.52. The molecule has 0 saturated heterocycles. The lowest BCUT2D eigenvalue weighted by Gasteiger charge is -2.12. The summed E-state index contributed by atoms with van der Waals surface area (Å²) < 4.78 is 11.8. The number of benzene rings is 2. The van der Waals surface area contributed by atoms with E-state index in [1.54, 1.807) is 63.6 Å². The molecule has 8 heteroatoms. The van der Waals surface area contributed by atoms with Gasteiger partial charge in [0.25, 0.3) is 5.56 Å². The fraction of sp³-hybridized carbons (Fsp3) is 0.227. The second kappa shape index (κ2) is 9.45. The van der Waals surface area contributed by atoms with Crippen LogP contribution in [0.3, 0.4) is 0 Å². The third-order valence-electron chi connectivity index (χ3n) is 4.46. The number of aryl methyl sites for hydroxylation is 1. The van der Waals surface area contributed by atoms with Gasteiger partial charge in [-0.2, -0.15) is 5.10 Å². The van der Waals surface area contributed by atoms with Crippen molar-refractivity contribution < 1.29 is 14.3 Å². The minimum atomic E-state index is -0.359. The summed E-state index contributed by atoms with van der Waals surface area (Å²) in [4.78, 5) is 25.3. The monoisotopic (exact) mass is 427 g/mol. The summed E-state index contributed by atoms with van der Waals surface area (Å²) in [5.74, 6) is 0.957. The van der Waals surface area contributed by atoms with Gasteiger partial charge < -0.3 is 14.8 Å². The van der Waals surface area contributed by atoms with E-state index < -0.39 is 0 Å². The number of methoxy groups -OCH3 is 2. The topological polar surface area (TPSA) is 82.4 Å². The zero-order valence-electron chi connectivity index (χ0n) is 16.9. The Kier molecular flexibility index (Phi) is 6.74. The molecule has 0 bridgehead atoms. The summed E-state index contributed by atoms with van der Waals surface area (Å²) in [7, 11) is 3.15. The number of nitrogens with zero attached hydrogens (tertiary/aromatic N) is 2. The average molecular weight is 428 g/mol. The highest BCUT2D eigenvalue weighted by atomic mass is 35.5. The van der Waals surface area contributed by atoms with Crippen molar-refractivity contribution in [2.75, 3.05) is 19.5 Å². The summed E-state index contributed by atoms with van der Waals surface area (Å²) in [6, 6.07) is 13.8. The largest absolute Gasteiger partial charge is 0.497 e. The molecular formula is C22H22ClN3O4. The van der Waals surface area contributed by atoms with Gasteiger partial charge in [0.2, 0.25) is 5.91 Å². The molecule has 1 amide bonds. The van der Waals surface area contributed by atoms with Crippen molar-refractivity contribution in [1.82, 2.24) is 9.78 Å². The number of carbonyl (C=O) groups excluding carboxylic acids is 1. The molecule has 0 spiro atoms. The minimum Gasteiger partial charge on any atom is -0.497 e. The molecule has 156 valence electrons. The Morgan fingerprint density at radius 1 is 1.07 bits per heavy atom. The Hall–Kier alpha value is -3.32. The Morgan fingerprint density at radius 3 is 2.47 bits per heavy atom. The maximum atomic E-state index is 12.9. The fourth-order valence-corrected chi connectivity index (χ4v) is 3.20.